The van der Waals surface area contributed by atoms with Gasteiger partial charge in [0.1, 0.15) is 5.75 Å². The summed E-state index contributed by atoms with van der Waals surface area (Å²) in [5.74, 6) is 0.414. The fraction of sp³-hybridized carbons (Fsp3) is 0.207. The van der Waals surface area contributed by atoms with E-state index in [0.717, 1.165) is 24.3 Å². The van der Waals surface area contributed by atoms with Crippen molar-refractivity contribution in [3.05, 3.63) is 95.3 Å². The van der Waals surface area contributed by atoms with Gasteiger partial charge in [0, 0.05) is 42.0 Å². The summed E-state index contributed by atoms with van der Waals surface area (Å²) in [6, 6.07) is 19.6. The van der Waals surface area contributed by atoms with E-state index in [4.69, 9.17) is 21.1 Å². The van der Waals surface area contributed by atoms with E-state index in [-0.39, 0.29) is 11.9 Å². The monoisotopic (exact) mass is 560 g/mol. The molecule has 0 aliphatic carbocycles. The van der Waals surface area contributed by atoms with Gasteiger partial charge < -0.3 is 30.3 Å². The number of urea groups is 1. The van der Waals surface area contributed by atoms with Gasteiger partial charge in [-0.25, -0.2) is 9.48 Å². The number of carbonyl (C=O) groups excluding carboxylic acids is 2. The Morgan fingerprint density at radius 1 is 1.00 bits per heavy atom. The first-order valence-electron chi connectivity index (χ1n) is 12.7. The van der Waals surface area contributed by atoms with Crippen LogP contribution in [0.4, 0.5) is 21.9 Å². The molecule has 1 fully saturated rings. The van der Waals surface area contributed by atoms with Crippen molar-refractivity contribution in [3.63, 3.8) is 0 Å². The average Bonchev–Trinajstić information content (AvgIpc) is 3.45. The van der Waals surface area contributed by atoms with E-state index >= 15 is 0 Å². The molecule has 3 N–H and O–H groups in total. The number of rotatable bonds is 8. The lowest BCUT2D eigenvalue weighted by Gasteiger charge is -2.30. The van der Waals surface area contributed by atoms with Gasteiger partial charge in [0.2, 0.25) is 0 Å². The van der Waals surface area contributed by atoms with Crippen LogP contribution in [0.15, 0.2) is 79.1 Å². The third-order valence-corrected chi connectivity index (χ3v) is 6.62. The summed E-state index contributed by atoms with van der Waals surface area (Å²) in [4.78, 5) is 27.6. The van der Waals surface area contributed by atoms with Gasteiger partial charge in [-0.2, -0.15) is 5.10 Å². The number of benzene rings is 3. The number of aromatic nitrogens is 2. The molecule has 0 bridgehead atoms. The fourth-order valence-electron chi connectivity index (χ4n) is 4.30. The van der Waals surface area contributed by atoms with E-state index in [1.807, 2.05) is 36.4 Å². The van der Waals surface area contributed by atoms with Gasteiger partial charge in [-0.3, -0.25) is 4.79 Å². The van der Waals surface area contributed by atoms with Crippen molar-refractivity contribution in [2.45, 2.75) is 6.54 Å². The maximum absolute atomic E-state index is 13.1. The first-order chi connectivity index (χ1) is 19.5. The SMILES string of the molecule is COc1cc(NC(=O)c2cccc(-n3cc(NC(=O)NCc4ccc(Cl)cc4)cn3)c2)ccc1N1CCOCC1. The maximum Gasteiger partial charge on any atom is 0.319 e. The maximum atomic E-state index is 13.1. The van der Waals surface area contributed by atoms with E-state index in [2.05, 4.69) is 25.9 Å². The van der Waals surface area contributed by atoms with Crippen molar-refractivity contribution in [2.24, 2.45) is 0 Å². The molecule has 2 heterocycles. The van der Waals surface area contributed by atoms with Crippen LogP contribution in [-0.2, 0) is 11.3 Å². The molecule has 3 aromatic carbocycles. The summed E-state index contributed by atoms with van der Waals surface area (Å²) in [7, 11) is 1.62. The van der Waals surface area contributed by atoms with Gasteiger partial charge in [-0.1, -0.05) is 29.8 Å². The highest BCUT2D eigenvalue weighted by Gasteiger charge is 2.17. The molecule has 0 atom stereocenters. The van der Waals surface area contributed by atoms with Gasteiger partial charge >= 0.3 is 6.03 Å². The van der Waals surface area contributed by atoms with Crippen LogP contribution in [0.5, 0.6) is 5.75 Å². The predicted octanol–water partition coefficient (Wildman–Crippen LogP) is 4.94. The zero-order valence-corrected chi connectivity index (χ0v) is 22.6. The minimum atomic E-state index is -0.363. The van der Waals surface area contributed by atoms with Crippen LogP contribution in [0, 0.1) is 0 Å². The second-order valence-corrected chi connectivity index (χ2v) is 9.53. The Kier molecular flexibility index (Phi) is 8.48. The smallest absolute Gasteiger partial charge is 0.319 e. The quantitative estimate of drug-likeness (QED) is 0.281. The van der Waals surface area contributed by atoms with Crippen molar-refractivity contribution in [1.29, 1.82) is 0 Å². The normalized spacial score (nSPS) is 13.0. The zero-order valence-electron chi connectivity index (χ0n) is 21.9. The van der Waals surface area contributed by atoms with Gasteiger partial charge in [0.05, 0.1) is 49.8 Å². The van der Waals surface area contributed by atoms with Crippen molar-refractivity contribution in [3.8, 4) is 11.4 Å². The average molecular weight is 561 g/mol. The number of methoxy groups -OCH3 is 1. The van der Waals surface area contributed by atoms with E-state index in [1.54, 1.807) is 48.3 Å². The molecule has 0 unspecified atom stereocenters. The molecule has 0 spiro atoms. The number of hydrogen-bond donors (Lipinski definition) is 3. The van der Waals surface area contributed by atoms with E-state index in [9.17, 15) is 9.59 Å². The predicted molar refractivity (Wildman–Crippen MR) is 155 cm³/mol. The molecule has 1 aromatic heterocycles. The molecular formula is C29H29ClN6O4. The number of carbonyl (C=O) groups is 2. The second-order valence-electron chi connectivity index (χ2n) is 9.10. The summed E-state index contributed by atoms with van der Waals surface area (Å²) in [6.45, 7) is 3.27. The van der Waals surface area contributed by atoms with Crippen LogP contribution >= 0.6 is 11.6 Å². The number of ether oxygens (including phenoxy) is 2. The number of anilines is 3. The molecule has 1 aliphatic rings. The highest BCUT2D eigenvalue weighted by atomic mass is 35.5. The number of hydrogen-bond acceptors (Lipinski definition) is 6. The number of morpholine rings is 1. The third kappa shape index (κ3) is 6.71. The zero-order chi connectivity index (χ0) is 27.9. The summed E-state index contributed by atoms with van der Waals surface area (Å²) in [5.41, 5.74) is 4.15. The topological polar surface area (TPSA) is 110 Å². The Morgan fingerprint density at radius 2 is 1.80 bits per heavy atom. The van der Waals surface area contributed by atoms with E-state index in [0.29, 0.717) is 53.2 Å². The van der Waals surface area contributed by atoms with Crippen molar-refractivity contribution in [1.82, 2.24) is 15.1 Å². The van der Waals surface area contributed by atoms with Crippen LogP contribution in [-0.4, -0.2) is 55.1 Å². The van der Waals surface area contributed by atoms with E-state index < -0.39 is 0 Å². The van der Waals surface area contributed by atoms with E-state index in [1.165, 1.54) is 6.20 Å². The van der Waals surface area contributed by atoms with Gasteiger partial charge in [0.15, 0.2) is 0 Å². The Balaban J connectivity index is 1.21. The van der Waals surface area contributed by atoms with Gasteiger partial charge in [0.25, 0.3) is 5.91 Å². The molecule has 5 rings (SSSR count). The van der Waals surface area contributed by atoms with Crippen LogP contribution in [0.25, 0.3) is 5.69 Å². The lowest BCUT2D eigenvalue weighted by molar-refractivity contribution is 0.102. The standard InChI is InChI=1S/C29H29ClN6O4/c1-39-27-16-23(9-10-26(27)35-11-13-40-14-12-35)33-28(37)21-3-2-4-25(15-21)36-19-24(18-32-36)34-29(38)31-17-20-5-7-22(30)8-6-20/h2-10,15-16,18-19H,11-14,17H2,1H3,(H,33,37)(H2,31,34,38). The Labute approximate surface area is 236 Å². The second kappa shape index (κ2) is 12.5. The third-order valence-electron chi connectivity index (χ3n) is 6.37. The summed E-state index contributed by atoms with van der Waals surface area (Å²) < 4.78 is 12.6. The molecular weight excluding hydrogens is 532 g/mol. The molecule has 1 aliphatic heterocycles. The lowest BCUT2D eigenvalue weighted by Crippen LogP contribution is -2.36. The lowest BCUT2D eigenvalue weighted by atomic mass is 10.1. The molecule has 1 saturated heterocycles. The molecule has 10 nitrogen and oxygen atoms in total. The van der Waals surface area contributed by atoms with Crippen LogP contribution < -0.4 is 25.6 Å². The highest BCUT2D eigenvalue weighted by molar-refractivity contribution is 6.30. The Morgan fingerprint density at radius 3 is 2.58 bits per heavy atom. The molecule has 40 heavy (non-hydrogen) atoms. The molecule has 0 saturated carbocycles. The molecule has 11 heteroatoms. The van der Waals surface area contributed by atoms with Gasteiger partial charge in [-0.05, 0) is 48.0 Å². The number of nitrogens with zero attached hydrogens (tertiary/aromatic N) is 3. The van der Waals surface area contributed by atoms with Crippen LogP contribution in [0.1, 0.15) is 15.9 Å². The summed E-state index contributed by atoms with van der Waals surface area (Å²) in [5, 5.41) is 13.5. The molecule has 206 valence electrons. The minimum absolute atomic E-state index is 0.268. The Hall–Kier alpha value is -4.54. The van der Waals surface area contributed by atoms with Crippen molar-refractivity contribution in [2.75, 3.05) is 48.9 Å². The first kappa shape index (κ1) is 27.0. The molecule has 0 radical (unpaired) electrons. The van der Waals surface area contributed by atoms with Crippen LogP contribution in [0.2, 0.25) is 5.02 Å². The molecule has 4 aromatic rings. The number of halogens is 1. The number of nitrogens with one attached hydrogen (secondary N) is 3. The Bertz CT molecular complexity index is 1480. The first-order valence-corrected chi connectivity index (χ1v) is 13.1. The molecule has 3 amide bonds. The van der Waals surface area contributed by atoms with Crippen molar-refractivity contribution < 1.29 is 19.1 Å². The van der Waals surface area contributed by atoms with Crippen molar-refractivity contribution >= 4 is 40.6 Å². The summed E-state index contributed by atoms with van der Waals surface area (Å²) >= 11 is 5.90. The van der Waals surface area contributed by atoms with Gasteiger partial charge in [-0.15, -0.1) is 0 Å². The number of amides is 3. The van der Waals surface area contributed by atoms with Crippen LogP contribution in [0.3, 0.4) is 0 Å². The minimum Gasteiger partial charge on any atom is -0.495 e. The fourth-order valence-corrected chi connectivity index (χ4v) is 4.43. The largest absolute Gasteiger partial charge is 0.495 e. The highest BCUT2D eigenvalue weighted by Crippen LogP contribution is 2.32. The summed E-state index contributed by atoms with van der Waals surface area (Å²) in [6.07, 6.45) is 3.21.